The molecule has 1 aromatic rings. The van der Waals surface area contributed by atoms with Crippen molar-refractivity contribution >= 4 is 21.6 Å². The van der Waals surface area contributed by atoms with Crippen LogP contribution in [0.3, 0.4) is 0 Å². The van der Waals surface area contributed by atoms with Crippen LogP contribution in [-0.2, 0) is 15.8 Å². The Hall–Kier alpha value is -0.580. The fourth-order valence-electron chi connectivity index (χ4n) is 1.14. The summed E-state index contributed by atoms with van der Waals surface area (Å²) < 4.78 is 25.5. The van der Waals surface area contributed by atoms with Crippen molar-refractivity contribution in [1.29, 1.82) is 0 Å². The van der Waals surface area contributed by atoms with E-state index in [-0.39, 0.29) is 5.75 Å². The minimum absolute atomic E-state index is 0.0239. The van der Waals surface area contributed by atoms with Crippen LogP contribution < -0.4 is 4.72 Å². The third-order valence-electron chi connectivity index (χ3n) is 1.83. The zero-order valence-corrected chi connectivity index (χ0v) is 9.89. The van der Waals surface area contributed by atoms with E-state index in [9.17, 15) is 8.42 Å². The van der Waals surface area contributed by atoms with Crippen molar-refractivity contribution in [3.63, 3.8) is 0 Å². The van der Waals surface area contributed by atoms with Gasteiger partial charge in [0.2, 0.25) is 10.0 Å². The molecule has 1 rings (SSSR count). The van der Waals surface area contributed by atoms with Gasteiger partial charge >= 0.3 is 0 Å². The van der Waals surface area contributed by atoms with Crippen molar-refractivity contribution < 1.29 is 8.42 Å². The summed E-state index contributed by atoms with van der Waals surface area (Å²) >= 11 is 5.46. The number of nitrogens with one attached hydrogen (secondary N) is 1. The Morgan fingerprint density at radius 2 is 1.87 bits per heavy atom. The Labute approximate surface area is 95.5 Å². The lowest BCUT2D eigenvalue weighted by Crippen LogP contribution is -2.26. The first-order chi connectivity index (χ1) is 7.14. The van der Waals surface area contributed by atoms with Gasteiger partial charge in [-0.15, -0.1) is 11.6 Å². The van der Waals surface area contributed by atoms with Gasteiger partial charge in [-0.3, -0.25) is 0 Å². The number of sulfonamides is 1. The van der Waals surface area contributed by atoms with E-state index < -0.39 is 10.0 Å². The summed E-state index contributed by atoms with van der Waals surface area (Å²) in [6.07, 6.45) is 0.648. The van der Waals surface area contributed by atoms with Crippen molar-refractivity contribution in [2.45, 2.75) is 12.2 Å². The van der Waals surface area contributed by atoms with E-state index in [0.717, 1.165) is 5.56 Å². The highest BCUT2D eigenvalue weighted by Crippen LogP contribution is 2.03. The average Bonchev–Trinajstić information content (AvgIpc) is 2.18. The molecule has 0 atom stereocenters. The fraction of sp³-hybridized carbons (Fsp3) is 0.400. The average molecular weight is 248 g/mol. The first-order valence-electron chi connectivity index (χ1n) is 4.71. The Kier molecular flexibility index (Phi) is 5.08. The van der Waals surface area contributed by atoms with Crippen LogP contribution in [0, 0.1) is 0 Å². The van der Waals surface area contributed by atoms with Crippen LogP contribution in [-0.4, -0.2) is 20.8 Å². The summed E-state index contributed by atoms with van der Waals surface area (Å²) in [6, 6.07) is 9.09. The van der Waals surface area contributed by atoms with Crippen molar-refractivity contribution in [1.82, 2.24) is 4.72 Å². The minimum atomic E-state index is -3.22. The second-order valence-electron chi connectivity index (χ2n) is 3.18. The standard InChI is InChI=1S/C10H14ClNO2S/c11-7-4-8-12-15(13,14)9-10-5-2-1-3-6-10/h1-3,5-6,12H,4,7-9H2. The van der Waals surface area contributed by atoms with Crippen LogP contribution in [0.5, 0.6) is 0 Å². The first kappa shape index (κ1) is 12.5. The molecule has 0 bridgehead atoms. The molecular weight excluding hydrogens is 234 g/mol. The molecule has 0 radical (unpaired) electrons. The molecule has 0 heterocycles. The van der Waals surface area contributed by atoms with Crippen LogP contribution in [0.4, 0.5) is 0 Å². The van der Waals surface area contributed by atoms with E-state index in [4.69, 9.17) is 11.6 Å². The van der Waals surface area contributed by atoms with Gasteiger partial charge in [0.05, 0.1) is 5.75 Å². The van der Waals surface area contributed by atoms with Gasteiger partial charge < -0.3 is 0 Å². The van der Waals surface area contributed by atoms with Gasteiger partial charge in [-0.2, -0.15) is 0 Å². The molecule has 0 aliphatic heterocycles. The second-order valence-corrected chi connectivity index (χ2v) is 5.37. The van der Waals surface area contributed by atoms with Gasteiger partial charge in [0.25, 0.3) is 0 Å². The Balaban J connectivity index is 2.50. The van der Waals surface area contributed by atoms with Gasteiger partial charge in [0.1, 0.15) is 0 Å². The molecule has 0 amide bonds. The van der Waals surface area contributed by atoms with E-state index in [0.29, 0.717) is 18.8 Å². The molecule has 1 aromatic carbocycles. The smallest absolute Gasteiger partial charge is 0.215 e. The van der Waals surface area contributed by atoms with Crippen LogP contribution in [0.2, 0.25) is 0 Å². The maximum Gasteiger partial charge on any atom is 0.215 e. The van der Waals surface area contributed by atoms with Gasteiger partial charge in [-0.05, 0) is 12.0 Å². The van der Waals surface area contributed by atoms with Gasteiger partial charge in [0, 0.05) is 12.4 Å². The maximum atomic E-state index is 11.5. The third-order valence-corrected chi connectivity index (χ3v) is 3.46. The summed E-state index contributed by atoms with van der Waals surface area (Å²) in [5, 5.41) is 0. The summed E-state index contributed by atoms with van der Waals surface area (Å²) in [5.74, 6) is 0.490. The van der Waals surface area contributed by atoms with Crippen LogP contribution in [0.1, 0.15) is 12.0 Å². The molecule has 15 heavy (non-hydrogen) atoms. The normalized spacial score (nSPS) is 11.5. The predicted octanol–water partition coefficient (Wildman–Crippen LogP) is 1.73. The lowest BCUT2D eigenvalue weighted by Gasteiger charge is -2.05. The Morgan fingerprint density at radius 1 is 1.20 bits per heavy atom. The maximum absolute atomic E-state index is 11.5. The molecule has 84 valence electrons. The number of halogens is 1. The SMILES string of the molecule is O=S(=O)(Cc1ccccc1)NCCCCl. The molecule has 0 aliphatic rings. The van der Waals surface area contributed by atoms with Crippen molar-refractivity contribution in [3.05, 3.63) is 35.9 Å². The molecule has 0 aliphatic carbocycles. The molecule has 0 saturated heterocycles. The molecule has 0 spiro atoms. The highest BCUT2D eigenvalue weighted by molar-refractivity contribution is 7.88. The molecule has 0 saturated carbocycles. The lowest BCUT2D eigenvalue weighted by atomic mass is 10.2. The highest BCUT2D eigenvalue weighted by atomic mass is 35.5. The zero-order chi connectivity index (χ0) is 11.1. The van der Waals surface area contributed by atoms with E-state index in [2.05, 4.69) is 4.72 Å². The van der Waals surface area contributed by atoms with Gasteiger partial charge in [0.15, 0.2) is 0 Å². The Bertz CT molecular complexity index is 378. The number of benzene rings is 1. The second kappa shape index (κ2) is 6.10. The molecular formula is C10H14ClNO2S. The van der Waals surface area contributed by atoms with E-state index in [1.165, 1.54) is 0 Å². The summed E-state index contributed by atoms with van der Waals surface area (Å²) in [7, 11) is -3.22. The monoisotopic (exact) mass is 247 g/mol. The summed E-state index contributed by atoms with van der Waals surface area (Å²) in [5.41, 5.74) is 0.788. The van der Waals surface area contributed by atoms with Crippen molar-refractivity contribution in [3.8, 4) is 0 Å². The fourth-order valence-corrected chi connectivity index (χ4v) is 2.46. The van der Waals surface area contributed by atoms with Crippen LogP contribution in [0.15, 0.2) is 30.3 Å². The first-order valence-corrected chi connectivity index (χ1v) is 6.90. The zero-order valence-electron chi connectivity index (χ0n) is 8.32. The van der Waals surface area contributed by atoms with Gasteiger partial charge in [-0.25, -0.2) is 13.1 Å². The van der Waals surface area contributed by atoms with E-state index in [1.807, 2.05) is 18.2 Å². The van der Waals surface area contributed by atoms with Crippen LogP contribution in [0.25, 0.3) is 0 Å². The van der Waals surface area contributed by atoms with E-state index in [1.54, 1.807) is 12.1 Å². The molecule has 1 N–H and O–H groups in total. The minimum Gasteiger partial charge on any atom is -0.215 e. The molecule has 0 aromatic heterocycles. The molecule has 0 unspecified atom stereocenters. The number of hydrogen-bond acceptors (Lipinski definition) is 2. The molecule has 3 nitrogen and oxygen atoms in total. The largest absolute Gasteiger partial charge is 0.215 e. The lowest BCUT2D eigenvalue weighted by molar-refractivity contribution is 0.580. The number of hydrogen-bond donors (Lipinski definition) is 1. The topological polar surface area (TPSA) is 46.2 Å². The quantitative estimate of drug-likeness (QED) is 0.615. The summed E-state index contributed by atoms with van der Waals surface area (Å²) in [6.45, 7) is 0.401. The third kappa shape index (κ3) is 5.16. The predicted molar refractivity (Wildman–Crippen MR) is 62.4 cm³/mol. The van der Waals surface area contributed by atoms with Crippen molar-refractivity contribution in [2.24, 2.45) is 0 Å². The summed E-state index contributed by atoms with van der Waals surface area (Å²) in [4.78, 5) is 0. The highest BCUT2D eigenvalue weighted by Gasteiger charge is 2.09. The van der Waals surface area contributed by atoms with E-state index >= 15 is 0 Å². The number of rotatable bonds is 6. The van der Waals surface area contributed by atoms with Crippen LogP contribution >= 0.6 is 11.6 Å². The van der Waals surface area contributed by atoms with Crippen molar-refractivity contribution in [2.75, 3.05) is 12.4 Å². The van der Waals surface area contributed by atoms with Gasteiger partial charge in [-0.1, -0.05) is 30.3 Å². The number of alkyl halides is 1. The Morgan fingerprint density at radius 3 is 2.47 bits per heavy atom. The molecule has 5 heteroatoms. The molecule has 0 fully saturated rings.